The molecule has 0 aliphatic carbocycles. The Morgan fingerprint density at radius 1 is 1.29 bits per heavy atom. The van der Waals surface area contributed by atoms with Crippen LogP contribution in [0, 0.1) is 5.41 Å². The summed E-state index contributed by atoms with van der Waals surface area (Å²) in [4.78, 5) is 67.9. The summed E-state index contributed by atoms with van der Waals surface area (Å²) < 4.78 is 15.2. The van der Waals surface area contributed by atoms with Gasteiger partial charge in [0.1, 0.15) is 29.4 Å². The zero-order valence-corrected chi connectivity index (χ0v) is 25.1. The Kier molecular flexibility index (Phi) is 11.2. The van der Waals surface area contributed by atoms with E-state index in [-0.39, 0.29) is 41.3 Å². The summed E-state index contributed by atoms with van der Waals surface area (Å²) in [5.41, 5.74) is 4.57. The number of fused-ring (bicyclic) bond motifs is 1. The predicted molar refractivity (Wildman–Crippen MR) is 153 cm³/mol. The first kappa shape index (κ1) is 32.7. The van der Waals surface area contributed by atoms with Crippen molar-refractivity contribution >= 4 is 75.4 Å². The van der Waals surface area contributed by atoms with E-state index in [0.717, 1.165) is 16.2 Å². The Bertz CT molecular complexity index is 1320. The number of thiazole rings is 1. The van der Waals surface area contributed by atoms with Crippen molar-refractivity contribution < 1.29 is 43.4 Å². The lowest BCUT2D eigenvalue weighted by molar-refractivity contribution is -0.173. The first-order chi connectivity index (χ1) is 19.9. The van der Waals surface area contributed by atoms with Crippen LogP contribution in [0.1, 0.15) is 26.5 Å². The molecule has 18 heteroatoms. The van der Waals surface area contributed by atoms with Gasteiger partial charge in [0.25, 0.3) is 11.8 Å². The van der Waals surface area contributed by atoms with Crippen LogP contribution in [0.4, 0.5) is 9.93 Å². The van der Waals surface area contributed by atoms with E-state index >= 15 is 0 Å². The number of oxime groups is 1. The monoisotopic (exact) mass is 644 g/mol. The number of β-lactam (4-membered cyclic amide) rings is 1. The van der Waals surface area contributed by atoms with Crippen LogP contribution in [-0.2, 0) is 33.4 Å². The molecule has 0 bridgehead atoms. The van der Waals surface area contributed by atoms with E-state index in [0.29, 0.717) is 5.57 Å². The number of thioether (sulfide) groups is 1. The number of halogens is 1. The predicted octanol–water partition coefficient (Wildman–Crippen LogP) is 1.17. The number of nitrogens with two attached hydrogens (primary N) is 1. The van der Waals surface area contributed by atoms with Gasteiger partial charge in [0.15, 0.2) is 10.8 Å². The van der Waals surface area contributed by atoms with Crippen molar-refractivity contribution in [3.8, 4) is 0 Å². The normalized spacial score (nSPS) is 18.7. The molecule has 2 aliphatic rings. The van der Waals surface area contributed by atoms with Gasteiger partial charge in [0.2, 0.25) is 6.79 Å². The number of aromatic nitrogens is 1. The molecule has 0 aromatic carbocycles. The van der Waals surface area contributed by atoms with Gasteiger partial charge < -0.3 is 35.8 Å². The molecule has 1 fully saturated rings. The fourth-order valence-electron chi connectivity index (χ4n) is 3.51. The van der Waals surface area contributed by atoms with E-state index in [9.17, 15) is 29.2 Å². The fraction of sp³-hybridized carbons (Fsp3) is 0.458. The maximum absolute atomic E-state index is 13.2. The Balaban J connectivity index is 1.76. The smallest absolute Gasteiger partial charge is 0.407 e. The Morgan fingerprint density at radius 3 is 2.64 bits per heavy atom. The van der Waals surface area contributed by atoms with Crippen LogP contribution in [0.25, 0.3) is 0 Å². The summed E-state index contributed by atoms with van der Waals surface area (Å²) in [5.74, 6) is -2.65. The van der Waals surface area contributed by atoms with Gasteiger partial charge in [-0.15, -0.1) is 34.7 Å². The van der Waals surface area contributed by atoms with Crippen molar-refractivity contribution in [1.82, 2.24) is 20.5 Å². The zero-order chi connectivity index (χ0) is 31.0. The largest absolute Gasteiger partial charge is 0.445 e. The average molecular weight is 645 g/mol. The van der Waals surface area contributed by atoms with E-state index in [1.807, 2.05) is 0 Å². The van der Waals surface area contributed by atoms with Crippen molar-refractivity contribution in [3.05, 3.63) is 34.5 Å². The van der Waals surface area contributed by atoms with Crippen LogP contribution in [0.3, 0.4) is 0 Å². The van der Waals surface area contributed by atoms with E-state index in [2.05, 4.69) is 20.8 Å². The maximum Gasteiger partial charge on any atom is 0.407 e. The van der Waals surface area contributed by atoms with Crippen LogP contribution in [-0.4, -0.2) is 93.6 Å². The number of hydrogen-bond acceptors (Lipinski definition) is 14. The fourth-order valence-corrected chi connectivity index (χ4v) is 5.48. The third-order valence-corrected chi connectivity index (χ3v) is 7.71. The van der Waals surface area contributed by atoms with Gasteiger partial charge in [0, 0.05) is 23.6 Å². The highest BCUT2D eigenvalue weighted by atomic mass is 35.5. The molecule has 3 heterocycles. The highest BCUT2D eigenvalue weighted by Gasteiger charge is 2.54. The molecule has 2 aliphatic heterocycles. The molecule has 3 rings (SSSR count). The van der Waals surface area contributed by atoms with E-state index in [1.165, 1.54) is 29.3 Å². The number of rotatable bonds is 11. The quantitative estimate of drug-likeness (QED) is 0.0508. The van der Waals surface area contributed by atoms with Crippen molar-refractivity contribution in [2.45, 2.75) is 32.2 Å². The van der Waals surface area contributed by atoms with Gasteiger partial charge in [-0.25, -0.2) is 14.6 Å². The van der Waals surface area contributed by atoms with Gasteiger partial charge in [-0.2, -0.15) is 0 Å². The molecule has 0 spiro atoms. The number of carbonyl (C=O) groups excluding carboxylic acids is 5. The summed E-state index contributed by atoms with van der Waals surface area (Å²) >= 11 is 7.79. The molecule has 2 atom stereocenters. The number of alkyl carbamates (subject to hydrolysis) is 1. The van der Waals surface area contributed by atoms with Crippen molar-refractivity contribution in [1.29, 1.82) is 0 Å². The number of anilines is 1. The number of ether oxygens (including phenoxy) is 3. The summed E-state index contributed by atoms with van der Waals surface area (Å²) in [5, 5.41) is 18.1. The van der Waals surface area contributed by atoms with Gasteiger partial charge in [-0.1, -0.05) is 11.2 Å². The summed E-state index contributed by atoms with van der Waals surface area (Å²) in [6.07, 6.45) is 2.28. The molecule has 1 aromatic rings. The molecular formula is C24H29ClN6O9S2. The molecule has 1 saturated heterocycles. The number of esters is 2. The number of hydrogen-bond donors (Lipinski definition) is 4. The zero-order valence-electron chi connectivity index (χ0n) is 22.7. The van der Waals surface area contributed by atoms with Crippen LogP contribution in [0.5, 0.6) is 0 Å². The second-order valence-corrected chi connectivity index (χ2v) is 12.0. The first-order valence-electron chi connectivity index (χ1n) is 12.3. The molecule has 15 nitrogen and oxygen atoms in total. The van der Waals surface area contributed by atoms with Crippen LogP contribution in [0.2, 0.25) is 0 Å². The standard InChI is InChI=1S/C24H29ClN6O9S2/c1-24(2,3)21(35)40-11-39-20(34)16-12(5-4-8-38-23(36)27-7-6-25)9-41-19-15(18(33)31(16)19)29-17(32)14(30-37)13-10-42-22(26)28-13/h4-5,10,15,19,37H,6-9,11H2,1-3H3,(H2,26,28)(H,27,36)(H,29,32)/b5-4-,30-14-/t15?,19-/m1/s1. The average Bonchev–Trinajstić information content (AvgIpc) is 3.37. The Labute approximate surface area is 253 Å². The topological polar surface area (TPSA) is 212 Å². The number of carbonyl (C=O) groups is 5. The molecule has 5 N–H and O–H groups in total. The van der Waals surface area contributed by atoms with Crippen molar-refractivity contribution in [2.75, 3.05) is 37.3 Å². The van der Waals surface area contributed by atoms with Gasteiger partial charge in [0.05, 0.1) is 5.41 Å². The minimum absolute atomic E-state index is 0.0253. The van der Waals surface area contributed by atoms with Gasteiger partial charge in [-0.3, -0.25) is 19.3 Å². The van der Waals surface area contributed by atoms with Gasteiger partial charge in [-0.05, 0) is 32.4 Å². The third-order valence-electron chi connectivity index (χ3n) is 5.54. The van der Waals surface area contributed by atoms with Crippen molar-refractivity contribution in [2.24, 2.45) is 10.6 Å². The SMILES string of the molecule is CC(C)(C)C(=O)OCOC(=O)C1=C(/C=C\COC(=O)NCCCl)CS[C@@H]2C(NC(=O)/C(=N\O)c3csc(N)n3)C(=O)N12. The maximum atomic E-state index is 13.2. The summed E-state index contributed by atoms with van der Waals surface area (Å²) in [6.45, 7) is 4.29. The summed E-state index contributed by atoms with van der Waals surface area (Å²) in [7, 11) is 0. The molecule has 0 radical (unpaired) electrons. The lowest BCUT2D eigenvalue weighted by atomic mass is 9.98. The van der Waals surface area contributed by atoms with E-state index in [1.54, 1.807) is 20.8 Å². The number of nitrogens with zero attached hydrogens (tertiary/aromatic N) is 3. The molecule has 3 amide bonds. The third kappa shape index (κ3) is 7.92. The Hall–Kier alpha value is -3.83. The molecule has 228 valence electrons. The molecule has 42 heavy (non-hydrogen) atoms. The van der Waals surface area contributed by atoms with Crippen LogP contribution < -0.4 is 16.4 Å². The number of amides is 3. The minimum Gasteiger partial charge on any atom is -0.445 e. The Morgan fingerprint density at radius 2 is 2.02 bits per heavy atom. The highest BCUT2D eigenvalue weighted by molar-refractivity contribution is 8.00. The molecule has 1 aromatic heterocycles. The number of allylic oxidation sites excluding steroid dienone is 1. The second-order valence-electron chi connectivity index (χ2n) is 9.60. The summed E-state index contributed by atoms with van der Waals surface area (Å²) in [6, 6.07) is -1.07. The van der Waals surface area contributed by atoms with Crippen molar-refractivity contribution in [3.63, 3.8) is 0 Å². The lowest BCUT2D eigenvalue weighted by Gasteiger charge is -2.49. The number of nitrogen functional groups attached to an aromatic ring is 1. The van der Waals surface area contributed by atoms with Crippen LogP contribution in [0.15, 0.2) is 34.0 Å². The van der Waals surface area contributed by atoms with E-state index in [4.69, 9.17) is 31.5 Å². The highest BCUT2D eigenvalue weighted by Crippen LogP contribution is 2.41. The number of nitrogens with one attached hydrogen (secondary N) is 2. The van der Waals surface area contributed by atoms with Gasteiger partial charge >= 0.3 is 18.0 Å². The number of alkyl halides is 1. The first-order valence-corrected chi connectivity index (χ1v) is 14.7. The second kappa shape index (κ2) is 14.4. The van der Waals surface area contributed by atoms with Crippen LogP contribution >= 0.6 is 34.7 Å². The molecule has 0 saturated carbocycles. The van der Waals surface area contributed by atoms with E-state index < -0.39 is 59.2 Å². The molecule has 1 unspecified atom stereocenters. The molecular weight excluding hydrogens is 616 g/mol. The lowest BCUT2D eigenvalue weighted by Crippen LogP contribution is -2.71. The minimum atomic E-state index is -1.07.